The molecule has 0 radical (unpaired) electrons. The number of carbonyl (C=O) groups excluding carboxylic acids is 2. The smallest absolute Gasteiger partial charge is 0.312 e. The fourth-order valence-electron chi connectivity index (χ4n) is 2.91. The Balaban J connectivity index is 1.46. The van der Waals surface area contributed by atoms with E-state index in [1.807, 2.05) is 0 Å². The molecule has 1 atom stereocenters. The molecule has 0 aliphatic rings. The molecule has 3 rings (SSSR count). The molecule has 0 spiro atoms. The van der Waals surface area contributed by atoms with E-state index in [-0.39, 0.29) is 31.2 Å². The highest BCUT2D eigenvalue weighted by Crippen LogP contribution is 2.17. The lowest BCUT2D eigenvalue weighted by molar-refractivity contribution is -0.158. The predicted octanol–water partition coefficient (Wildman–Crippen LogP) is 4.13. The number of esters is 1. The van der Waals surface area contributed by atoms with Crippen LogP contribution in [0, 0.1) is 11.6 Å². The number of benzene rings is 2. The highest BCUT2D eigenvalue weighted by Gasteiger charge is 2.22. The van der Waals surface area contributed by atoms with Crippen molar-refractivity contribution in [3.8, 4) is 5.75 Å². The molecule has 0 fully saturated rings. The van der Waals surface area contributed by atoms with Crippen LogP contribution in [0.3, 0.4) is 0 Å². The summed E-state index contributed by atoms with van der Waals surface area (Å²) in [5.74, 6) is -1.19. The Morgan fingerprint density at radius 1 is 1.12 bits per heavy atom. The highest BCUT2D eigenvalue weighted by atomic mass is 32.1. The zero-order chi connectivity index (χ0) is 23.1. The first kappa shape index (κ1) is 23.3. The Kier molecular flexibility index (Phi) is 7.88. The summed E-state index contributed by atoms with van der Waals surface area (Å²) in [6.45, 7) is 1.87. The molecule has 0 N–H and O–H groups in total. The molecular formula is C23H22F2N2O4S. The summed E-state index contributed by atoms with van der Waals surface area (Å²) in [7, 11) is 1.56. The summed E-state index contributed by atoms with van der Waals surface area (Å²) in [6, 6.07) is 11.6. The maximum atomic E-state index is 13.3. The van der Waals surface area contributed by atoms with Gasteiger partial charge < -0.3 is 14.4 Å². The third-order valence-corrected chi connectivity index (χ3v) is 5.31. The number of thiazole rings is 1. The number of rotatable bonds is 9. The monoisotopic (exact) mass is 460 g/mol. The summed E-state index contributed by atoms with van der Waals surface area (Å²) < 4.78 is 37.0. The van der Waals surface area contributed by atoms with Crippen LogP contribution in [0.2, 0.25) is 0 Å². The van der Waals surface area contributed by atoms with Gasteiger partial charge in [-0.25, -0.2) is 13.8 Å². The number of hydrogen-bond acceptors (Lipinski definition) is 6. The van der Waals surface area contributed by atoms with E-state index in [9.17, 15) is 18.4 Å². The maximum Gasteiger partial charge on any atom is 0.312 e. The van der Waals surface area contributed by atoms with Crippen molar-refractivity contribution in [2.75, 3.05) is 7.05 Å². The van der Waals surface area contributed by atoms with E-state index < -0.39 is 18.0 Å². The van der Waals surface area contributed by atoms with E-state index in [0.29, 0.717) is 22.0 Å². The number of aromatic nitrogens is 1. The molecule has 1 amide bonds. The predicted molar refractivity (Wildman–Crippen MR) is 115 cm³/mol. The molecule has 0 bridgehead atoms. The molecule has 1 heterocycles. The van der Waals surface area contributed by atoms with Gasteiger partial charge in [0.05, 0.1) is 12.1 Å². The van der Waals surface area contributed by atoms with Crippen LogP contribution in [0.15, 0.2) is 53.9 Å². The van der Waals surface area contributed by atoms with E-state index >= 15 is 0 Å². The number of nitrogens with zero attached hydrogens (tertiary/aromatic N) is 2. The summed E-state index contributed by atoms with van der Waals surface area (Å²) in [5.41, 5.74) is 1.14. The molecule has 1 aromatic heterocycles. The van der Waals surface area contributed by atoms with Crippen molar-refractivity contribution in [2.45, 2.75) is 32.6 Å². The Morgan fingerprint density at radius 3 is 2.59 bits per heavy atom. The first-order valence-electron chi connectivity index (χ1n) is 9.80. The minimum Gasteiger partial charge on any atom is -0.486 e. The van der Waals surface area contributed by atoms with Crippen LogP contribution in [0.1, 0.15) is 23.2 Å². The van der Waals surface area contributed by atoms with E-state index in [1.54, 1.807) is 24.6 Å². The van der Waals surface area contributed by atoms with Crippen LogP contribution in [-0.4, -0.2) is 34.9 Å². The SMILES string of the molecule is CC(OC(=O)Cc1csc(COc2ccc(F)cc2)n1)C(=O)N(C)Cc1cccc(F)c1. The quantitative estimate of drug-likeness (QED) is 0.449. The van der Waals surface area contributed by atoms with Crippen LogP contribution in [0.5, 0.6) is 5.75 Å². The molecule has 3 aromatic rings. The molecule has 1 unspecified atom stereocenters. The first-order valence-corrected chi connectivity index (χ1v) is 10.7. The number of ether oxygens (including phenoxy) is 2. The Morgan fingerprint density at radius 2 is 1.88 bits per heavy atom. The molecule has 168 valence electrons. The van der Waals surface area contributed by atoms with Gasteiger partial charge in [-0.15, -0.1) is 11.3 Å². The van der Waals surface area contributed by atoms with Gasteiger partial charge in [0.15, 0.2) is 6.10 Å². The third-order valence-electron chi connectivity index (χ3n) is 4.44. The second kappa shape index (κ2) is 10.8. The summed E-state index contributed by atoms with van der Waals surface area (Å²) in [6.07, 6.45) is -1.07. The third kappa shape index (κ3) is 6.84. The first-order chi connectivity index (χ1) is 15.3. The van der Waals surface area contributed by atoms with Crippen molar-refractivity contribution in [2.24, 2.45) is 0 Å². The second-order valence-corrected chi connectivity index (χ2v) is 8.05. The van der Waals surface area contributed by atoms with Crippen LogP contribution in [-0.2, 0) is 33.9 Å². The summed E-state index contributed by atoms with van der Waals surface area (Å²) >= 11 is 1.32. The van der Waals surface area contributed by atoms with Crippen LogP contribution in [0.4, 0.5) is 8.78 Å². The lowest BCUT2D eigenvalue weighted by Crippen LogP contribution is -2.37. The molecule has 0 saturated heterocycles. The van der Waals surface area contributed by atoms with Gasteiger partial charge in [-0.3, -0.25) is 9.59 Å². The van der Waals surface area contributed by atoms with Crippen LogP contribution in [0.25, 0.3) is 0 Å². The largest absolute Gasteiger partial charge is 0.486 e. The van der Waals surface area contributed by atoms with Crippen molar-refractivity contribution >= 4 is 23.2 Å². The standard InChI is InChI=1S/C23H22F2N2O4S/c1-15(23(29)27(2)12-16-4-3-5-18(25)10-16)31-22(28)11-19-14-32-21(26-19)13-30-20-8-6-17(24)7-9-20/h3-10,14-15H,11-13H2,1-2H3. The van der Waals surface area contributed by atoms with Crippen LogP contribution < -0.4 is 4.74 Å². The second-order valence-electron chi connectivity index (χ2n) is 7.11. The van der Waals surface area contributed by atoms with Gasteiger partial charge in [0.1, 0.15) is 29.0 Å². The number of halogens is 2. The van der Waals surface area contributed by atoms with Crippen molar-refractivity contribution in [1.82, 2.24) is 9.88 Å². The lowest BCUT2D eigenvalue weighted by Gasteiger charge is -2.21. The van der Waals surface area contributed by atoms with Gasteiger partial charge in [0.25, 0.3) is 5.91 Å². The topological polar surface area (TPSA) is 68.7 Å². The highest BCUT2D eigenvalue weighted by molar-refractivity contribution is 7.09. The van der Waals surface area contributed by atoms with Gasteiger partial charge in [0, 0.05) is 19.0 Å². The minimum absolute atomic E-state index is 0.0850. The number of likely N-dealkylation sites (N-methyl/N-ethyl adjacent to an activating group) is 1. The van der Waals surface area contributed by atoms with Gasteiger partial charge in [-0.2, -0.15) is 0 Å². The average molecular weight is 461 g/mol. The zero-order valence-corrected chi connectivity index (χ0v) is 18.4. The van der Waals surface area contributed by atoms with Gasteiger partial charge >= 0.3 is 5.97 Å². The molecule has 0 aliphatic carbocycles. The Hall–Kier alpha value is -3.33. The Labute approximate surface area is 188 Å². The molecule has 6 nitrogen and oxygen atoms in total. The molecule has 2 aromatic carbocycles. The van der Waals surface area contributed by atoms with E-state index in [2.05, 4.69) is 4.98 Å². The molecular weight excluding hydrogens is 438 g/mol. The van der Waals surface area contributed by atoms with Crippen molar-refractivity contribution < 1.29 is 27.8 Å². The Bertz CT molecular complexity index is 1070. The maximum absolute atomic E-state index is 13.3. The molecule has 0 aliphatic heterocycles. The van der Waals surface area contributed by atoms with Gasteiger partial charge in [0.2, 0.25) is 0 Å². The summed E-state index contributed by atoms with van der Waals surface area (Å²) in [5, 5.41) is 2.36. The van der Waals surface area contributed by atoms with Gasteiger partial charge in [-0.1, -0.05) is 12.1 Å². The molecule has 32 heavy (non-hydrogen) atoms. The number of carbonyl (C=O) groups is 2. The van der Waals surface area contributed by atoms with E-state index in [0.717, 1.165) is 0 Å². The molecule has 0 saturated carbocycles. The fraction of sp³-hybridized carbons (Fsp3) is 0.261. The van der Waals surface area contributed by atoms with Crippen molar-refractivity contribution in [3.05, 3.63) is 81.8 Å². The van der Waals surface area contributed by atoms with Crippen LogP contribution >= 0.6 is 11.3 Å². The minimum atomic E-state index is -0.985. The number of hydrogen-bond donors (Lipinski definition) is 0. The molecule has 9 heteroatoms. The van der Waals surface area contributed by atoms with E-state index in [4.69, 9.17) is 9.47 Å². The zero-order valence-electron chi connectivity index (χ0n) is 17.6. The van der Waals surface area contributed by atoms with E-state index in [1.165, 1.54) is 59.6 Å². The summed E-state index contributed by atoms with van der Waals surface area (Å²) in [4.78, 5) is 30.4. The average Bonchev–Trinajstić information content (AvgIpc) is 3.19. The van der Waals surface area contributed by atoms with Crippen molar-refractivity contribution in [3.63, 3.8) is 0 Å². The normalized spacial score (nSPS) is 11.6. The fourth-order valence-corrected chi connectivity index (χ4v) is 3.61. The number of amides is 1. The lowest BCUT2D eigenvalue weighted by atomic mass is 10.2. The van der Waals surface area contributed by atoms with Crippen molar-refractivity contribution in [1.29, 1.82) is 0 Å². The van der Waals surface area contributed by atoms with Gasteiger partial charge in [-0.05, 0) is 48.9 Å².